The second kappa shape index (κ2) is 5.83. The van der Waals surface area contributed by atoms with Gasteiger partial charge in [-0.25, -0.2) is 13.8 Å². The Hall–Kier alpha value is -2.21. The van der Waals surface area contributed by atoms with Gasteiger partial charge in [0.25, 0.3) is 0 Å². The highest BCUT2D eigenvalue weighted by Gasteiger charge is 2.09. The second-order valence-corrected chi connectivity index (χ2v) is 4.47. The number of aromatic nitrogens is 2. The first-order valence-electron chi connectivity index (χ1n) is 6.07. The number of aliphatic hydroxyl groups excluding tert-OH is 1. The standard InChI is InChI=1S/C14H15F2N3O/c1-9(7-20)18-10(2)19-6-14(17-8-19)11-3-4-12(15)13(16)5-11/h3-6,8-9,18,20H,2,7H2,1H3. The van der Waals surface area contributed by atoms with Gasteiger partial charge in [-0.2, -0.15) is 0 Å². The summed E-state index contributed by atoms with van der Waals surface area (Å²) in [5.41, 5.74) is 0.981. The van der Waals surface area contributed by atoms with Crippen LogP contribution in [0.3, 0.4) is 0 Å². The molecule has 20 heavy (non-hydrogen) atoms. The maximum Gasteiger partial charge on any atom is 0.159 e. The largest absolute Gasteiger partial charge is 0.394 e. The van der Waals surface area contributed by atoms with E-state index >= 15 is 0 Å². The van der Waals surface area contributed by atoms with Crippen molar-refractivity contribution in [2.45, 2.75) is 13.0 Å². The third kappa shape index (κ3) is 3.03. The Morgan fingerprint density at radius 3 is 2.85 bits per heavy atom. The van der Waals surface area contributed by atoms with E-state index in [2.05, 4.69) is 16.9 Å². The highest BCUT2D eigenvalue weighted by atomic mass is 19.2. The lowest BCUT2D eigenvalue weighted by molar-refractivity contribution is 0.261. The second-order valence-electron chi connectivity index (χ2n) is 4.47. The monoisotopic (exact) mass is 279 g/mol. The van der Waals surface area contributed by atoms with Crippen molar-refractivity contribution in [2.75, 3.05) is 6.61 Å². The predicted octanol–water partition coefficient (Wildman–Crippen LogP) is 2.23. The Balaban J connectivity index is 2.20. The van der Waals surface area contributed by atoms with Gasteiger partial charge in [-0.3, -0.25) is 4.57 Å². The fraction of sp³-hybridized carbons (Fsp3) is 0.214. The molecule has 2 aromatic rings. The molecule has 2 N–H and O–H groups in total. The Morgan fingerprint density at radius 2 is 2.20 bits per heavy atom. The smallest absolute Gasteiger partial charge is 0.159 e. The quantitative estimate of drug-likeness (QED) is 0.882. The molecular formula is C14H15F2N3O. The molecule has 0 spiro atoms. The zero-order chi connectivity index (χ0) is 14.7. The summed E-state index contributed by atoms with van der Waals surface area (Å²) >= 11 is 0. The minimum atomic E-state index is -0.914. The molecule has 106 valence electrons. The first-order chi connectivity index (χ1) is 9.51. The van der Waals surface area contributed by atoms with E-state index in [0.29, 0.717) is 17.1 Å². The van der Waals surface area contributed by atoms with Gasteiger partial charge in [0.1, 0.15) is 12.1 Å². The van der Waals surface area contributed by atoms with Gasteiger partial charge in [-0.05, 0) is 25.1 Å². The third-order valence-corrected chi connectivity index (χ3v) is 2.80. The van der Waals surface area contributed by atoms with Crippen molar-refractivity contribution in [2.24, 2.45) is 0 Å². The Kier molecular flexibility index (Phi) is 4.14. The van der Waals surface area contributed by atoms with Crippen LogP contribution in [0.1, 0.15) is 6.92 Å². The summed E-state index contributed by atoms with van der Waals surface area (Å²) in [6.07, 6.45) is 3.15. The average Bonchev–Trinajstić information content (AvgIpc) is 2.91. The topological polar surface area (TPSA) is 50.1 Å². The number of aliphatic hydroxyl groups is 1. The van der Waals surface area contributed by atoms with E-state index in [-0.39, 0.29) is 12.6 Å². The van der Waals surface area contributed by atoms with E-state index in [1.165, 1.54) is 12.4 Å². The van der Waals surface area contributed by atoms with Crippen LogP contribution in [0, 0.1) is 11.6 Å². The summed E-state index contributed by atoms with van der Waals surface area (Å²) < 4.78 is 27.7. The van der Waals surface area contributed by atoms with Crippen LogP contribution in [0.15, 0.2) is 37.3 Å². The Labute approximate surface area is 115 Å². The molecular weight excluding hydrogens is 264 g/mol. The molecule has 4 nitrogen and oxygen atoms in total. The van der Waals surface area contributed by atoms with Crippen LogP contribution in [-0.2, 0) is 0 Å². The fourth-order valence-corrected chi connectivity index (χ4v) is 1.68. The van der Waals surface area contributed by atoms with Crippen molar-refractivity contribution in [1.29, 1.82) is 0 Å². The third-order valence-electron chi connectivity index (χ3n) is 2.80. The van der Waals surface area contributed by atoms with E-state index in [4.69, 9.17) is 5.11 Å². The lowest BCUT2D eigenvalue weighted by atomic mass is 10.1. The Morgan fingerprint density at radius 1 is 1.45 bits per heavy atom. The zero-order valence-electron chi connectivity index (χ0n) is 11.0. The maximum absolute atomic E-state index is 13.2. The number of imidazole rings is 1. The molecule has 1 aromatic heterocycles. The molecule has 0 bridgehead atoms. The molecule has 1 heterocycles. The van der Waals surface area contributed by atoms with Crippen LogP contribution < -0.4 is 5.32 Å². The molecule has 1 aromatic carbocycles. The van der Waals surface area contributed by atoms with Gasteiger partial charge < -0.3 is 10.4 Å². The number of nitrogens with zero attached hydrogens (tertiary/aromatic N) is 2. The number of benzene rings is 1. The summed E-state index contributed by atoms with van der Waals surface area (Å²) in [6, 6.07) is 3.47. The number of hydrogen-bond donors (Lipinski definition) is 2. The summed E-state index contributed by atoms with van der Waals surface area (Å²) in [5, 5.41) is 11.9. The highest BCUT2D eigenvalue weighted by Crippen LogP contribution is 2.20. The fourth-order valence-electron chi connectivity index (χ4n) is 1.68. The number of halogens is 2. The lowest BCUT2D eigenvalue weighted by Crippen LogP contribution is -2.29. The van der Waals surface area contributed by atoms with Gasteiger partial charge in [-0.15, -0.1) is 0 Å². The molecule has 0 radical (unpaired) electrons. The van der Waals surface area contributed by atoms with Gasteiger partial charge in [0.15, 0.2) is 11.6 Å². The van der Waals surface area contributed by atoms with Crippen LogP contribution in [0.2, 0.25) is 0 Å². The van der Waals surface area contributed by atoms with E-state index in [1.54, 1.807) is 17.7 Å². The van der Waals surface area contributed by atoms with E-state index in [0.717, 1.165) is 12.1 Å². The van der Waals surface area contributed by atoms with E-state index < -0.39 is 11.6 Å². The van der Waals surface area contributed by atoms with Crippen LogP contribution in [0.4, 0.5) is 8.78 Å². The molecule has 2 rings (SSSR count). The van der Waals surface area contributed by atoms with Crippen molar-refractivity contribution in [3.8, 4) is 11.3 Å². The summed E-state index contributed by atoms with van der Waals surface area (Å²) in [4.78, 5) is 4.12. The Bertz CT molecular complexity index is 625. The number of rotatable bonds is 5. The number of hydrogen-bond acceptors (Lipinski definition) is 3. The van der Waals surface area contributed by atoms with Gasteiger partial charge >= 0.3 is 0 Å². The normalized spacial score (nSPS) is 12.2. The van der Waals surface area contributed by atoms with Crippen LogP contribution in [0.5, 0.6) is 0 Å². The lowest BCUT2D eigenvalue weighted by Gasteiger charge is -2.14. The number of nitrogens with one attached hydrogen (secondary N) is 1. The van der Waals surface area contributed by atoms with Crippen molar-refractivity contribution >= 4 is 5.82 Å². The summed E-state index contributed by atoms with van der Waals surface area (Å²) in [7, 11) is 0. The average molecular weight is 279 g/mol. The molecule has 0 aliphatic heterocycles. The van der Waals surface area contributed by atoms with E-state index in [1.807, 2.05) is 0 Å². The SMILES string of the molecule is C=C(NC(C)CO)n1cnc(-c2ccc(F)c(F)c2)c1. The van der Waals surface area contributed by atoms with Crippen molar-refractivity contribution < 1.29 is 13.9 Å². The molecule has 1 unspecified atom stereocenters. The van der Waals surface area contributed by atoms with Crippen LogP contribution in [0.25, 0.3) is 17.1 Å². The van der Waals surface area contributed by atoms with Gasteiger partial charge in [0, 0.05) is 17.8 Å². The molecule has 0 fully saturated rings. The summed E-state index contributed by atoms with van der Waals surface area (Å²) in [5.74, 6) is -1.27. The van der Waals surface area contributed by atoms with Crippen molar-refractivity contribution in [3.63, 3.8) is 0 Å². The van der Waals surface area contributed by atoms with Crippen LogP contribution in [-0.4, -0.2) is 27.3 Å². The first-order valence-corrected chi connectivity index (χ1v) is 6.07. The predicted molar refractivity (Wildman–Crippen MR) is 72.6 cm³/mol. The molecule has 0 aliphatic rings. The first kappa shape index (κ1) is 14.2. The molecule has 0 amide bonds. The van der Waals surface area contributed by atoms with E-state index in [9.17, 15) is 8.78 Å². The highest BCUT2D eigenvalue weighted by molar-refractivity contribution is 5.59. The zero-order valence-corrected chi connectivity index (χ0v) is 11.0. The molecule has 0 aliphatic carbocycles. The minimum absolute atomic E-state index is 0.0241. The van der Waals surface area contributed by atoms with Gasteiger partial charge in [-0.1, -0.05) is 6.58 Å². The molecule has 6 heteroatoms. The molecule has 1 atom stereocenters. The molecule has 0 saturated heterocycles. The van der Waals surface area contributed by atoms with Gasteiger partial charge in [0.05, 0.1) is 12.3 Å². The van der Waals surface area contributed by atoms with Crippen molar-refractivity contribution in [3.05, 3.63) is 48.9 Å². The minimum Gasteiger partial charge on any atom is -0.394 e. The summed E-state index contributed by atoms with van der Waals surface area (Å²) in [6.45, 7) is 5.60. The maximum atomic E-state index is 13.2. The van der Waals surface area contributed by atoms with Crippen molar-refractivity contribution in [1.82, 2.24) is 14.9 Å². The van der Waals surface area contributed by atoms with Gasteiger partial charge in [0.2, 0.25) is 0 Å². The van der Waals surface area contributed by atoms with Crippen LogP contribution >= 0.6 is 0 Å². The molecule has 0 saturated carbocycles.